The van der Waals surface area contributed by atoms with Crippen LogP contribution in [0.1, 0.15) is 11.5 Å². The van der Waals surface area contributed by atoms with E-state index in [9.17, 15) is 0 Å². The van der Waals surface area contributed by atoms with Crippen LogP contribution in [0.15, 0.2) is 30.5 Å². The van der Waals surface area contributed by atoms with Crippen molar-refractivity contribution in [2.45, 2.75) is 20.0 Å². The van der Waals surface area contributed by atoms with Crippen LogP contribution in [0.5, 0.6) is 11.5 Å². The van der Waals surface area contributed by atoms with Gasteiger partial charge in [-0.25, -0.2) is 4.98 Å². The Morgan fingerprint density at radius 3 is 2.55 bits per heavy atom. The fourth-order valence-corrected chi connectivity index (χ4v) is 2.07. The molecule has 2 rings (SSSR count). The van der Waals surface area contributed by atoms with Crippen LogP contribution in [0.3, 0.4) is 0 Å². The van der Waals surface area contributed by atoms with Gasteiger partial charge in [0.15, 0.2) is 0 Å². The molecule has 0 atom stereocenters. The summed E-state index contributed by atoms with van der Waals surface area (Å²) in [5.74, 6) is 2.69. The predicted molar refractivity (Wildman–Crippen MR) is 78.2 cm³/mol. The minimum atomic E-state index is 0.611. The van der Waals surface area contributed by atoms with Crippen LogP contribution < -0.4 is 14.8 Å². The van der Waals surface area contributed by atoms with Crippen LogP contribution in [0.25, 0.3) is 0 Å². The fourth-order valence-electron chi connectivity index (χ4n) is 2.07. The third-order valence-corrected chi connectivity index (χ3v) is 3.14. The number of aryl methyl sites for hydroxylation is 1. The first kappa shape index (κ1) is 14.4. The number of hydrogen-bond acceptors (Lipinski definition) is 4. The van der Waals surface area contributed by atoms with E-state index in [-0.39, 0.29) is 0 Å². The molecule has 0 saturated heterocycles. The Bertz CT molecular complexity index is 535. The average Bonchev–Trinajstić information content (AvgIpc) is 2.81. The SMILES string of the molecule is CNCc1cnc(C)n1CCOc1ccc(OC)cc1. The standard InChI is InChI=1S/C15H21N3O2/c1-12-17-11-13(10-16-2)18(12)8-9-20-15-6-4-14(19-3)5-7-15/h4-7,11,16H,8-10H2,1-3H3. The van der Waals surface area contributed by atoms with Gasteiger partial charge < -0.3 is 19.4 Å². The molecule has 0 aliphatic heterocycles. The lowest BCUT2D eigenvalue weighted by Crippen LogP contribution is -2.16. The molecule has 0 amide bonds. The molecule has 0 aliphatic carbocycles. The number of hydrogen-bond donors (Lipinski definition) is 1. The lowest BCUT2D eigenvalue weighted by Gasteiger charge is -2.11. The maximum absolute atomic E-state index is 5.74. The van der Waals surface area contributed by atoms with E-state index in [0.717, 1.165) is 30.4 Å². The van der Waals surface area contributed by atoms with Crippen LogP contribution in [0.2, 0.25) is 0 Å². The molecule has 2 aromatic rings. The van der Waals surface area contributed by atoms with Crippen molar-refractivity contribution in [2.24, 2.45) is 0 Å². The molecule has 1 N–H and O–H groups in total. The quantitative estimate of drug-likeness (QED) is 0.839. The van der Waals surface area contributed by atoms with E-state index in [0.29, 0.717) is 6.61 Å². The predicted octanol–water partition coefficient (Wildman–Crippen LogP) is 2.00. The normalized spacial score (nSPS) is 10.6. The number of nitrogens with one attached hydrogen (secondary N) is 1. The molecule has 0 spiro atoms. The van der Waals surface area contributed by atoms with Gasteiger partial charge in [-0.1, -0.05) is 0 Å². The Morgan fingerprint density at radius 1 is 1.20 bits per heavy atom. The molecule has 0 unspecified atom stereocenters. The first-order valence-corrected chi connectivity index (χ1v) is 6.67. The molecule has 0 bridgehead atoms. The lowest BCUT2D eigenvalue weighted by molar-refractivity contribution is 0.294. The van der Waals surface area contributed by atoms with Gasteiger partial charge >= 0.3 is 0 Å². The Labute approximate surface area is 119 Å². The van der Waals surface area contributed by atoms with E-state index < -0.39 is 0 Å². The van der Waals surface area contributed by atoms with Gasteiger partial charge in [0.1, 0.15) is 23.9 Å². The molecule has 5 heteroatoms. The summed E-state index contributed by atoms with van der Waals surface area (Å²) in [5.41, 5.74) is 1.17. The lowest BCUT2D eigenvalue weighted by atomic mass is 10.3. The second kappa shape index (κ2) is 6.96. The van der Waals surface area contributed by atoms with Crippen molar-refractivity contribution >= 4 is 0 Å². The van der Waals surface area contributed by atoms with Crippen molar-refractivity contribution in [1.29, 1.82) is 0 Å². The first-order valence-electron chi connectivity index (χ1n) is 6.67. The summed E-state index contributed by atoms with van der Waals surface area (Å²) in [4.78, 5) is 4.33. The van der Waals surface area contributed by atoms with Crippen molar-refractivity contribution in [3.63, 3.8) is 0 Å². The fraction of sp³-hybridized carbons (Fsp3) is 0.400. The van der Waals surface area contributed by atoms with E-state index in [2.05, 4.69) is 14.9 Å². The molecular weight excluding hydrogens is 254 g/mol. The Balaban J connectivity index is 1.90. The molecule has 1 aromatic carbocycles. The highest BCUT2D eigenvalue weighted by Crippen LogP contribution is 2.17. The Kier molecular flexibility index (Phi) is 5.01. The van der Waals surface area contributed by atoms with Gasteiger partial charge in [0.25, 0.3) is 0 Å². The van der Waals surface area contributed by atoms with Gasteiger partial charge in [0.2, 0.25) is 0 Å². The number of methoxy groups -OCH3 is 1. The van der Waals surface area contributed by atoms with Crippen LogP contribution in [0.4, 0.5) is 0 Å². The first-order chi connectivity index (χ1) is 9.74. The number of rotatable bonds is 7. The second-order valence-corrected chi connectivity index (χ2v) is 4.50. The van der Waals surface area contributed by atoms with Crippen LogP contribution >= 0.6 is 0 Å². The Hall–Kier alpha value is -2.01. The average molecular weight is 275 g/mol. The summed E-state index contributed by atoms with van der Waals surface area (Å²) in [6.45, 7) is 4.21. The molecule has 0 radical (unpaired) electrons. The number of imidazole rings is 1. The zero-order valence-corrected chi connectivity index (χ0v) is 12.2. The van der Waals surface area contributed by atoms with Crippen LogP contribution in [-0.2, 0) is 13.1 Å². The highest BCUT2D eigenvalue weighted by Gasteiger charge is 2.05. The molecule has 0 fully saturated rings. The van der Waals surface area contributed by atoms with E-state index in [1.165, 1.54) is 5.69 Å². The molecule has 20 heavy (non-hydrogen) atoms. The van der Waals surface area contributed by atoms with Crippen molar-refractivity contribution in [1.82, 2.24) is 14.9 Å². The Morgan fingerprint density at radius 2 is 1.90 bits per heavy atom. The van der Waals surface area contributed by atoms with Crippen LogP contribution in [-0.4, -0.2) is 30.3 Å². The molecule has 0 saturated carbocycles. The summed E-state index contributed by atoms with van der Waals surface area (Å²) in [7, 11) is 3.58. The van der Waals surface area contributed by atoms with Crippen molar-refractivity contribution < 1.29 is 9.47 Å². The van der Waals surface area contributed by atoms with Gasteiger partial charge in [0.05, 0.1) is 19.3 Å². The minimum Gasteiger partial charge on any atom is -0.497 e. The number of ether oxygens (including phenoxy) is 2. The van der Waals surface area contributed by atoms with Gasteiger partial charge in [-0.05, 0) is 38.2 Å². The van der Waals surface area contributed by atoms with Crippen LogP contribution in [0, 0.1) is 6.92 Å². The molecule has 1 heterocycles. The largest absolute Gasteiger partial charge is 0.497 e. The van der Waals surface area contributed by atoms with Crippen molar-refractivity contribution in [3.05, 3.63) is 42.0 Å². The molecular formula is C15H21N3O2. The maximum Gasteiger partial charge on any atom is 0.119 e. The van der Waals surface area contributed by atoms with Crippen molar-refractivity contribution in [2.75, 3.05) is 20.8 Å². The van der Waals surface area contributed by atoms with Gasteiger partial charge in [-0.15, -0.1) is 0 Å². The van der Waals surface area contributed by atoms with Gasteiger partial charge in [0, 0.05) is 12.7 Å². The third-order valence-electron chi connectivity index (χ3n) is 3.14. The molecule has 1 aromatic heterocycles. The number of nitrogens with zero attached hydrogens (tertiary/aromatic N) is 2. The van der Waals surface area contributed by atoms with E-state index in [1.807, 2.05) is 44.4 Å². The smallest absolute Gasteiger partial charge is 0.119 e. The summed E-state index contributed by atoms with van der Waals surface area (Å²) >= 11 is 0. The maximum atomic E-state index is 5.74. The topological polar surface area (TPSA) is 48.3 Å². The zero-order chi connectivity index (χ0) is 14.4. The third kappa shape index (κ3) is 3.51. The van der Waals surface area contributed by atoms with Gasteiger partial charge in [-0.3, -0.25) is 0 Å². The number of benzene rings is 1. The van der Waals surface area contributed by atoms with E-state index in [1.54, 1.807) is 7.11 Å². The second-order valence-electron chi connectivity index (χ2n) is 4.50. The highest BCUT2D eigenvalue weighted by atomic mass is 16.5. The summed E-state index contributed by atoms with van der Waals surface area (Å²) in [6, 6.07) is 7.61. The van der Waals surface area contributed by atoms with Crippen molar-refractivity contribution in [3.8, 4) is 11.5 Å². The zero-order valence-electron chi connectivity index (χ0n) is 12.2. The summed E-state index contributed by atoms with van der Waals surface area (Å²) in [6.07, 6.45) is 1.90. The summed E-state index contributed by atoms with van der Waals surface area (Å²) in [5, 5.41) is 3.14. The van der Waals surface area contributed by atoms with E-state index >= 15 is 0 Å². The van der Waals surface area contributed by atoms with Gasteiger partial charge in [-0.2, -0.15) is 0 Å². The highest BCUT2D eigenvalue weighted by molar-refractivity contribution is 5.31. The number of aromatic nitrogens is 2. The monoisotopic (exact) mass is 275 g/mol. The minimum absolute atomic E-state index is 0.611. The van der Waals surface area contributed by atoms with E-state index in [4.69, 9.17) is 9.47 Å². The summed E-state index contributed by atoms with van der Waals surface area (Å²) < 4.78 is 13.0. The molecule has 5 nitrogen and oxygen atoms in total. The molecule has 0 aliphatic rings. The molecule has 108 valence electrons.